The number of piperazine rings is 1. The van der Waals surface area contributed by atoms with Crippen LogP contribution in [0.5, 0.6) is 0 Å². The molecule has 5 nitrogen and oxygen atoms in total. The van der Waals surface area contributed by atoms with Crippen LogP contribution in [0.4, 0.5) is 11.4 Å². The number of rotatable bonds is 3. The average molecular weight is 273 g/mol. The molecule has 1 saturated carbocycles. The number of nitrogens with zero attached hydrogens (tertiary/aromatic N) is 3. The maximum atomic E-state index is 11.1. The molecular weight excluding hydrogens is 254 g/mol. The minimum absolute atomic E-state index is 0.235. The summed E-state index contributed by atoms with van der Waals surface area (Å²) in [6.45, 7) is 2.17. The molecule has 3 aliphatic rings. The predicted molar refractivity (Wildman–Crippen MR) is 77.2 cm³/mol. The van der Waals surface area contributed by atoms with Gasteiger partial charge in [0, 0.05) is 42.5 Å². The lowest BCUT2D eigenvalue weighted by Crippen LogP contribution is -2.44. The Hall–Kier alpha value is -1.62. The topological polar surface area (TPSA) is 49.6 Å². The summed E-state index contributed by atoms with van der Waals surface area (Å²) in [6, 6.07) is 6.96. The van der Waals surface area contributed by atoms with Crippen LogP contribution in [0.1, 0.15) is 30.7 Å². The molecule has 2 unspecified atom stereocenters. The van der Waals surface area contributed by atoms with E-state index >= 15 is 0 Å². The van der Waals surface area contributed by atoms with Crippen molar-refractivity contribution < 1.29 is 4.92 Å². The molecule has 3 fully saturated rings. The van der Waals surface area contributed by atoms with E-state index in [1.165, 1.54) is 12.1 Å². The number of benzene rings is 1. The molecule has 2 saturated heterocycles. The van der Waals surface area contributed by atoms with E-state index in [-0.39, 0.29) is 4.92 Å². The zero-order valence-electron chi connectivity index (χ0n) is 11.7. The Balaban J connectivity index is 1.66. The first-order valence-electron chi connectivity index (χ1n) is 7.38. The van der Waals surface area contributed by atoms with Gasteiger partial charge in [0.1, 0.15) is 0 Å². The molecule has 2 bridgehead atoms. The third-order valence-electron chi connectivity index (χ3n) is 5.07. The number of likely N-dealkylation sites (N-methyl/N-ethyl adjacent to an activating group) is 1. The molecule has 1 aromatic rings. The van der Waals surface area contributed by atoms with Crippen LogP contribution in [-0.2, 0) is 0 Å². The van der Waals surface area contributed by atoms with Crippen molar-refractivity contribution in [2.75, 3.05) is 25.0 Å². The Morgan fingerprint density at radius 2 is 2.05 bits per heavy atom. The molecule has 2 heterocycles. The van der Waals surface area contributed by atoms with Crippen LogP contribution in [0.15, 0.2) is 18.2 Å². The van der Waals surface area contributed by atoms with Gasteiger partial charge in [-0.3, -0.25) is 15.0 Å². The van der Waals surface area contributed by atoms with Gasteiger partial charge in [-0.15, -0.1) is 0 Å². The monoisotopic (exact) mass is 273 g/mol. The van der Waals surface area contributed by atoms with Crippen LogP contribution in [-0.4, -0.2) is 42.0 Å². The lowest BCUT2D eigenvalue weighted by atomic mass is 10.1. The first-order valence-corrected chi connectivity index (χ1v) is 7.38. The summed E-state index contributed by atoms with van der Waals surface area (Å²) in [4.78, 5) is 15.8. The molecule has 0 amide bonds. The zero-order valence-corrected chi connectivity index (χ0v) is 11.7. The molecule has 5 heteroatoms. The molecule has 0 N–H and O–H groups in total. The van der Waals surface area contributed by atoms with Crippen molar-refractivity contribution in [1.82, 2.24) is 4.90 Å². The highest BCUT2D eigenvalue weighted by atomic mass is 16.6. The zero-order chi connectivity index (χ0) is 13.9. The van der Waals surface area contributed by atoms with Crippen molar-refractivity contribution in [1.29, 1.82) is 0 Å². The minimum Gasteiger partial charge on any atom is -0.366 e. The van der Waals surface area contributed by atoms with Crippen molar-refractivity contribution in [3.8, 4) is 0 Å². The van der Waals surface area contributed by atoms with Crippen LogP contribution in [0, 0.1) is 10.1 Å². The van der Waals surface area contributed by atoms with Gasteiger partial charge in [-0.05, 0) is 44.4 Å². The quantitative estimate of drug-likeness (QED) is 0.626. The molecule has 20 heavy (non-hydrogen) atoms. The van der Waals surface area contributed by atoms with E-state index in [1.54, 1.807) is 6.07 Å². The Morgan fingerprint density at radius 1 is 1.25 bits per heavy atom. The fourth-order valence-corrected chi connectivity index (χ4v) is 3.79. The standard InChI is InChI=1S/C15H19N3O2/c1-16-8-13-6-12(16)9-17(13)11-4-5-15(18(19)20)14(7-11)10-2-3-10/h4-5,7,10,12-13H,2-3,6,8-9H2,1H3. The van der Waals surface area contributed by atoms with Crippen molar-refractivity contribution in [2.24, 2.45) is 0 Å². The number of hydrogen-bond acceptors (Lipinski definition) is 4. The van der Waals surface area contributed by atoms with Gasteiger partial charge in [0.2, 0.25) is 0 Å². The van der Waals surface area contributed by atoms with Gasteiger partial charge in [0.05, 0.1) is 4.92 Å². The third-order valence-corrected chi connectivity index (χ3v) is 5.07. The highest BCUT2D eigenvalue weighted by Crippen LogP contribution is 2.46. The van der Waals surface area contributed by atoms with E-state index in [0.29, 0.717) is 23.7 Å². The van der Waals surface area contributed by atoms with Crippen LogP contribution in [0.2, 0.25) is 0 Å². The summed E-state index contributed by atoms with van der Waals surface area (Å²) in [6.07, 6.45) is 3.42. The predicted octanol–water partition coefficient (Wildman–Crippen LogP) is 2.36. The number of likely N-dealkylation sites (tertiary alicyclic amines) is 1. The highest BCUT2D eigenvalue weighted by Gasteiger charge is 2.42. The van der Waals surface area contributed by atoms with Crippen molar-refractivity contribution in [2.45, 2.75) is 37.3 Å². The summed E-state index contributed by atoms with van der Waals surface area (Å²) >= 11 is 0. The van der Waals surface area contributed by atoms with E-state index in [2.05, 4.69) is 22.9 Å². The van der Waals surface area contributed by atoms with E-state index in [1.807, 2.05) is 6.07 Å². The number of nitro benzene ring substituents is 1. The summed E-state index contributed by atoms with van der Waals surface area (Å²) in [5.74, 6) is 0.415. The van der Waals surface area contributed by atoms with Crippen molar-refractivity contribution >= 4 is 11.4 Å². The number of anilines is 1. The Morgan fingerprint density at radius 3 is 2.60 bits per heavy atom. The normalized spacial score (nSPS) is 29.1. The smallest absolute Gasteiger partial charge is 0.273 e. The largest absolute Gasteiger partial charge is 0.366 e. The van der Waals surface area contributed by atoms with Gasteiger partial charge in [0.15, 0.2) is 0 Å². The molecule has 2 aliphatic heterocycles. The first kappa shape index (κ1) is 12.1. The Labute approximate surface area is 118 Å². The molecule has 0 radical (unpaired) electrons. The lowest BCUT2D eigenvalue weighted by Gasteiger charge is -2.33. The minimum atomic E-state index is -0.235. The molecule has 106 valence electrons. The fraction of sp³-hybridized carbons (Fsp3) is 0.600. The van der Waals surface area contributed by atoms with Gasteiger partial charge in [-0.1, -0.05) is 0 Å². The van der Waals surface area contributed by atoms with E-state index in [9.17, 15) is 10.1 Å². The first-order chi connectivity index (χ1) is 9.63. The summed E-state index contributed by atoms with van der Waals surface area (Å²) in [7, 11) is 2.19. The van der Waals surface area contributed by atoms with Gasteiger partial charge in [-0.2, -0.15) is 0 Å². The van der Waals surface area contributed by atoms with Gasteiger partial charge >= 0.3 is 0 Å². The second-order valence-corrected chi connectivity index (χ2v) is 6.41. The van der Waals surface area contributed by atoms with Crippen LogP contribution >= 0.6 is 0 Å². The molecular formula is C15H19N3O2. The second kappa shape index (κ2) is 4.19. The second-order valence-electron chi connectivity index (χ2n) is 6.41. The lowest BCUT2D eigenvalue weighted by molar-refractivity contribution is -0.385. The van der Waals surface area contributed by atoms with E-state index < -0.39 is 0 Å². The summed E-state index contributed by atoms with van der Waals surface area (Å²) in [5, 5.41) is 11.1. The van der Waals surface area contributed by atoms with Crippen LogP contribution in [0.25, 0.3) is 0 Å². The molecule has 2 atom stereocenters. The summed E-state index contributed by atoms with van der Waals surface area (Å²) < 4.78 is 0. The molecule has 1 aromatic carbocycles. The van der Waals surface area contributed by atoms with E-state index in [0.717, 1.165) is 31.5 Å². The number of hydrogen-bond donors (Lipinski definition) is 0. The number of fused-ring (bicyclic) bond motifs is 2. The Kier molecular flexibility index (Phi) is 2.54. The molecule has 0 aromatic heterocycles. The summed E-state index contributed by atoms with van der Waals surface area (Å²) in [5.41, 5.74) is 2.43. The maximum absolute atomic E-state index is 11.1. The maximum Gasteiger partial charge on any atom is 0.273 e. The SMILES string of the molecule is CN1CC2CC1CN2c1ccc([N+](=O)[O-])c(C2CC2)c1. The van der Waals surface area contributed by atoms with Gasteiger partial charge in [0.25, 0.3) is 5.69 Å². The van der Waals surface area contributed by atoms with Gasteiger partial charge in [-0.25, -0.2) is 0 Å². The molecule has 4 rings (SSSR count). The number of nitro groups is 1. The van der Waals surface area contributed by atoms with Crippen LogP contribution in [0.3, 0.4) is 0 Å². The van der Waals surface area contributed by atoms with Crippen molar-refractivity contribution in [3.05, 3.63) is 33.9 Å². The highest BCUT2D eigenvalue weighted by molar-refractivity contribution is 5.59. The van der Waals surface area contributed by atoms with E-state index in [4.69, 9.17) is 0 Å². The van der Waals surface area contributed by atoms with Gasteiger partial charge < -0.3 is 4.90 Å². The third kappa shape index (κ3) is 1.80. The molecule has 0 spiro atoms. The van der Waals surface area contributed by atoms with Crippen LogP contribution < -0.4 is 4.90 Å². The van der Waals surface area contributed by atoms with Crippen molar-refractivity contribution in [3.63, 3.8) is 0 Å². The Bertz CT molecular complexity index is 568. The average Bonchev–Trinajstić information content (AvgIpc) is 3.11. The molecule has 1 aliphatic carbocycles. The fourth-order valence-electron chi connectivity index (χ4n) is 3.79.